The molecular weight excluding hydrogens is 343 g/mol. The van der Waals surface area contributed by atoms with Gasteiger partial charge in [0.25, 0.3) is 0 Å². The predicted molar refractivity (Wildman–Crippen MR) is 86.6 cm³/mol. The van der Waals surface area contributed by atoms with Crippen LogP contribution in [-0.2, 0) is 11.0 Å². The molecule has 1 fully saturated rings. The first-order valence-electron chi connectivity index (χ1n) is 7.89. The third-order valence-corrected chi connectivity index (χ3v) is 4.07. The minimum atomic E-state index is -4.41. The van der Waals surface area contributed by atoms with Gasteiger partial charge < -0.3 is 5.32 Å². The van der Waals surface area contributed by atoms with Crippen molar-refractivity contribution >= 4 is 17.5 Å². The third kappa shape index (κ3) is 6.26. The van der Waals surface area contributed by atoms with Crippen molar-refractivity contribution in [3.05, 3.63) is 22.7 Å². The lowest BCUT2D eigenvalue weighted by Crippen LogP contribution is -2.36. The molecule has 1 saturated carbocycles. The number of rotatable bonds is 2. The molecule has 1 aromatic rings. The molecule has 0 radical (unpaired) electrons. The summed E-state index contributed by atoms with van der Waals surface area (Å²) in [6.45, 7) is 7.43. The number of hydrogen-bond donors (Lipinski definition) is 1. The first-order chi connectivity index (χ1) is 11.0. The van der Waals surface area contributed by atoms with Gasteiger partial charge in [-0.1, -0.05) is 13.3 Å². The molecular formula is C16H23ClF3N3O. The summed E-state index contributed by atoms with van der Waals surface area (Å²) >= 11 is 5.28. The Morgan fingerprint density at radius 3 is 2.42 bits per heavy atom. The second kappa shape index (κ2) is 8.65. The van der Waals surface area contributed by atoms with E-state index in [1.807, 2.05) is 13.8 Å². The fourth-order valence-electron chi connectivity index (χ4n) is 2.64. The lowest BCUT2D eigenvalue weighted by Gasteiger charge is -2.16. The van der Waals surface area contributed by atoms with E-state index in [1.54, 1.807) is 0 Å². The highest BCUT2D eigenvalue weighted by atomic mass is 35.5. The van der Waals surface area contributed by atoms with Crippen molar-refractivity contribution in [1.82, 2.24) is 15.3 Å². The Balaban J connectivity index is 0.000000240. The Labute approximate surface area is 145 Å². The minimum absolute atomic E-state index is 0.164. The van der Waals surface area contributed by atoms with Crippen LogP contribution >= 0.6 is 11.6 Å². The van der Waals surface area contributed by atoms with E-state index in [-0.39, 0.29) is 28.8 Å². The quantitative estimate of drug-likeness (QED) is 0.790. The van der Waals surface area contributed by atoms with Gasteiger partial charge in [-0.15, -0.1) is 0 Å². The highest BCUT2D eigenvalue weighted by molar-refractivity contribution is 6.28. The maximum Gasteiger partial charge on any atom is 0.419 e. The molecule has 0 aliphatic heterocycles. The molecule has 0 saturated heterocycles. The SMILES string of the molecule is CC(C)NC(=O)C1CCC[C@H]1C.Cc1nc(Cl)ncc1C(F)(F)F. The smallest absolute Gasteiger partial charge is 0.354 e. The van der Waals surface area contributed by atoms with Crippen LogP contribution in [0.3, 0.4) is 0 Å². The summed E-state index contributed by atoms with van der Waals surface area (Å²) in [7, 11) is 0. The average molecular weight is 366 g/mol. The van der Waals surface area contributed by atoms with Gasteiger partial charge in [-0.3, -0.25) is 4.79 Å². The van der Waals surface area contributed by atoms with Crippen LogP contribution in [0.25, 0.3) is 0 Å². The number of nitrogens with zero attached hydrogens (tertiary/aromatic N) is 2. The molecule has 1 aliphatic rings. The average Bonchev–Trinajstić information content (AvgIpc) is 2.83. The van der Waals surface area contributed by atoms with Crippen LogP contribution in [0, 0.1) is 18.8 Å². The molecule has 0 bridgehead atoms. The Morgan fingerprint density at radius 1 is 1.38 bits per heavy atom. The van der Waals surface area contributed by atoms with Gasteiger partial charge in [0.2, 0.25) is 11.2 Å². The fourth-order valence-corrected chi connectivity index (χ4v) is 2.82. The highest BCUT2D eigenvalue weighted by Crippen LogP contribution is 2.31. The molecule has 2 rings (SSSR count). The van der Waals surface area contributed by atoms with Crippen molar-refractivity contribution in [3.8, 4) is 0 Å². The first-order valence-corrected chi connectivity index (χ1v) is 8.26. The Kier molecular flexibility index (Phi) is 7.45. The van der Waals surface area contributed by atoms with Gasteiger partial charge in [0.05, 0.1) is 11.3 Å². The Bertz CT molecular complexity index is 564. The van der Waals surface area contributed by atoms with E-state index in [0.29, 0.717) is 12.1 Å². The van der Waals surface area contributed by atoms with Crippen molar-refractivity contribution in [2.45, 2.75) is 59.2 Å². The van der Waals surface area contributed by atoms with Gasteiger partial charge in [-0.25, -0.2) is 9.97 Å². The van der Waals surface area contributed by atoms with Crippen LogP contribution < -0.4 is 5.32 Å². The molecule has 4 nitrogen and oxygen atoms in total. The molecule has 0 aromatic carbocycles. The molecule has 1 amide bonds. The van der Waals surface area contributed by atoms with E-state index >= 15 is 0 Å². The largest absolute Gasteiger partial charge is 0.419 e. The lowest BCUT2D eigenvalue weighted by atomic mass is 9.97. The molecule has 1 N–H and O–H groups in total. The van der Waals surface area contributed by atoms with E-state index in [1.165, 1.54) is 19.8 Å². The van der Waals surface area contributed by atoms with Gasteiger partial charge in [-0.2, -0.15) is 13.2 Å². The molecule has 0 spiro atoms. The number of aryl methyl sites for hydroxylation is 1. The Hall–Kier alpha value is -1.37. The van der Waals surface area contributed by atoms with Gasteiger partial charge in [0, 0.05) is 18.2 Å². The molecule has 1 heterocycles. The van der Waals surface area contributed by atoms with Crippen LogP contribution in [0.5, 0.6) is 0 Å². The molecule has 1 aliphatic carbocycles. The Morgan fingerprint density at radius 2 is 2.00 bits per heavy atom. The number of aromatic nitrogens is 2. The molecule has 24 heavy (non-hydrogen) atoms. The van der Waals surface area contributed by atoms with Crippen molar-refractivity contribution in [2.75, 3.05) is 0 Å². The van der Waals surface area contributed by atoms with Crippen molar-refractivity contribution in [1.29, 1.82) is 0 Å². The predicted octanol–water partition coefficient (Wildman–Crippen LogP) is 4.40. The number of carbonyl (C=O) groups excluding carboxylic acids is 1. The summed E-state index contributed by atoms with van der Waals surface area (Å²) in [5, 5.41) is 2.80. The van der Waals surface area contributed by atoms with Crippen LogP contribution in [0.1, 0.15) is 51.3 Å². The second-order valence-corrected chi connectivity index (χ2v) is 6.65. The van der Waals surface area contributed by atoms with E-state index in [2.05, 4.69) is 22.2 Å². The summed E-state index contributed by atoms with van der Waals surface area (Å²) in [6.07, 6.45) is -0.216. The van der Waals surface area contributed by atoms with Crippen molar-refractivity contribution in [2.24, 2.45) is 11.8 Å². The lowest BCUT2D eigenvalue weighted by molar-refractivity contribution is -0.138. The van der Waals surface area contributed by atoms with Crippen molar-refractivity contribution < 1.29 is 18.0 Å². The number of halogens is 4. The van der Waals surface area contributed by atoms with Crippen LogP contribution in [0.15, 0.2) is 6.20 Å². The number of alkyl halides is 3. The van der Waals surface area contributed by atoms with Gasteiger partial charge in [-0.05, 0) is 51.1 Å². The topological polar surface area (TPSA) is 54.9 Å². The molecule has 2 atom stereocenters. The fraction of sp³-hybridized carbons (Fsp3) is 0.688. The van der Waals surface area contributed by atoms with Crippen LogP contribution in [0.4, 0.5) is 13.2 Å². The normalized spacial score (nSPS) is 20.5. The monoisotopic (exact) mass is 365 g/mol. The summed E-state index contributed by atoms with van der Waals surface area (Å²) in [5.41, 5.74) is -1.02. The number of hydrogen-bond acceptors (Lipinski definition) is 3. The molecule has 8 heteroatoms. The molecule has 1 aromatic heterocycles. The summed E-state index contributed by atoms with van der Waals surface area (Å²) in [6, 6.07) is 0.283. The maximum atomic E-state index is 12.1. The van der Waals surface area contributed by atoms with Gasteiger partial charge in [0.15, 0.2) is 0 Å². The van der Waals surface area contributed by atoms with Crippen molar-refractivity contribution in [3.63, 3.8) is 0 Å². The standard InChI is InChI=1S/C10H19NO.C6H4ClF3N2/c1-7(2)11-10(12)9-6-4-5-8(9)3;1-3-4(6(8,9)10)2-11-5(7)12-3/h7-9H,4-6H2,1-3H3,(H,11,12);2H,1H3/t8-,9?;/m1./s1. The minimum Gasteiger partial charge on any atom is -0.354 e. The second-order valence-electron chi connectivity index (χ2n) is 6.31. The van der Waals surface area contributed by atoms with E-state index in [9.17, 15) is 18.0 Å². The van der Waals surface area contributed by atoms with E-state index < -0.39 is 11.7 Å². The van der Waals surface area contributed by atoms with Gasteiger partial charge in [0.1, 0.15) is 0 Å². The molecule has 136 valence electrons. The van der Waals surface area contributed by atoms with Crippen LogP contribution in [0.2, 0.25) is 5.28 Å². The number of carbonyl (C=O) groups is 1. The maximum absolute atomic E-state index is 12.1. The zero-order valence-corrected chi connectivity index (χ0v) is 15.0. The van der Waals surface area contributed by atoms with Gasteiger partial charge >= 0.3 is 6.18 Å². The first kappa shape index (κ1) is 20.7. The zero-order valence-electron chi connectivity index (χ0n) is 14.2. The zero-order chi connectivity index (χ0) is 18.5. The number of nitrogens with one attached hydrogen (secondary N) is 1. The summed E-state index contributed by atoms with van der Waals surface area (Å²) in [5.74, 6) is 1.13. The van der Waals surface area contributed by atoms with E-state index in [0.717, 1.165) is 6.42 Å². The van der Waals surface area contributed by atoms with E-state index in [4.69, 9.17) is 11.6 Å². The summed E-state index contributed by atoms with van der Waals surface area (Å²) in [4.78, 5) is 18.2. The highest BCUT2D eigenvalue weighted by Gasteiger charge is 2.33. The third-order valence-electron chi connectivity index (χ3n) is 3.88. The number of amides is 1. The molecule has 1 unspecified atom stereocenters. The summed E-state index contributed by atoms with van der Waals surface area (Å²) < 4.78 is 36.2. The van der Waals surface area contributed by atoms with Crippen LogP contribution in [-0.4, -0.2) is 21.9 Å².